The van der Waals surface area contributed by atoms with Crippen LogP contribution in [0.1, 0.15) is 43.9 Å². The van der Waals surface area contributed by atoms with Crippen molar-refractivity contribution in [3.05, 3.63) is 39.7 Å². The van der Waals surface area contributed by atoms with Gasteiger partial charge in [-0.05, 0) is 49.9 Å². The number of anilines is 1. The Bertz CT molecular complexity index is 1350. The minimum atomic E-state index is -2.66. The number of hydrogen-bond donors (Lipinski definition) is 6. The van der Waals surface area contributed by atoms with Gasteiger partial charge in [-0.15, -0.1) is 0 Å². The third kappa shape index (κ3) is 4.46. The highest BCUT2D eigenvalue weighted by Crippen LogP contribution is 2.54. The Hall–Kier alpha value is -3.41. The molecule has 0 spiro atoms. The van der Waals surface area contributed by atoms with E-state index in [0.29, 0.717) is 24.2 Å². The molecule has 11 heteroatoms. The van der Waals surface area contributed by atoms with E-state index in [4.69, 9.17) is 5.73 Å². The Labute approximate surface area is 233 Å². The van der Waals surface area contributed by atoms with Crippen molar-refractivity contribution >= 4 is 28.9 Å². The average molecular weight is 557 g/mol. The van der Waals surface area contributed by atoms with Crippen LogP contribution in [0.4, 0.5) is 5.69 Å². The zero-order valence-corrected chi connectivity index (χ0v) is 24.1. The Balaban J connectivity index is 1.91. The maximum atomic E-state index is 14.0. The number of likely N-dealkylation sites (N-methyl/N-ethyl adjacent to an activating group) is 1. The molecule has 218 valence electrons. The largest absolute Gasteiger partial charge is 0.508 e. The Kier molecular flexibility index (Phi) is 7.32. The first-order valence-corrected chi connectivity index (χ1v) is 13.3. The fourth-order valence-electron chi connectivity index (χ4n) is 6.45. The summed E-state index contributed by atoms with van der Waals surface area (Å²) in [6.07, 6.45) is 0.291. The van der Waals surface area contributed by atoms with Gasteiger partial charge in [-0.2, -0.15) is 0 Å². The number of carbonyl (C=O) groups excluding carboxylic acids is 3. The lowest BCUT2D eigenvalue weighted by Gasteiger charge is -2.50. The molecule has 0 saturated heterocycles. The number of primary amides is 1. The molecular formula is C29H40N4O7. The van der Waals surface area contributed by atoms with Crippen LogP contribution in [0, 0.1) is 17.3 Å². The van der Waals surface area contributed by atoms with E-state index in [-0.39, 0.29) is 35.1 Å². The van der Waals surface area contributed by atoms with Gasteiger partial charge >= 0.3 is 0 Å². The van der Waals surface area contributed by atoms with Gasteiger partial charge in [0.2, 0.25) is 5.78 Å². The summed E-state index contributed by atoms with van der Waals surface area (Å²) in [5.74, 6) is -6.55. The van der Waals surface area contributed by atoms with Crippen molar-refractivity contribution in [2.24, 2.45) is 23.0 Å². The molecule has 3 aliphatic rings. The van der Waals surface area contributed by atoms with Gasteiger partial charge in [0.25, 0.3) is 5.91 Å². The quantitative estimate of drug-likeness (QED) is 0.279. The maximum Gasteiger partial charge on any atom is 0.255 e. The lowest BCUT2D eigenvalue weighted by atomic mass is 9.57. The summed E-state index contributed by atoms with van der Waals surface area (Å²) in [7, 11) is 6.84. The number of rotatable bonds is 6. The SMILES string of the molecule is CN(C)c1cc(CNCC(C)(C)C)c(O)c2c1C[C@@H]1C[C@H]3[C@H](N(C)C)C(=O)C(C(N)=O)=C(O)[C@@]3(O)C(=O)C1=C2O. The molecule has 4 atom stereocenters. The van der Waals surface area contributed by atoms with Gasteiger partial charge in [-0.25, -0.2) is 0 Å². The summed E-state index contributed by atoms with van der Waals surface area (Å²) < 4.78 is 0. The van der Waals surface area contributed by atoms with E-state index < -0.39 is 58.0 Å². The van der Waals surface area contributed by atoms with Crippen LogP contribution in [0.2, 0.25) is 0 Å². The number of aliphatic hydroxyl groups excluding tert-OH is 2. The lowest BCUT2D eigenvalue weighted by molar-refractivity contribution is -0.153. The van der Waals surface area contributed by atoms with Crippen LogP contribution < -0.4 is 16.0 Å². The molecule has 0 aromatic heterocycles. The van der Waals surface area contributed by atoms with Gasteiger partial charge in [-0.1, -0.05) is 20.8 Å². The first-order chi connectivity index (χ1) is 18.4. The number of carbonyl (C=O) groups is 3. The summed E-state index contributed by atoms with van der Waals surface area (Å²) in [5.41, 5.74) is 3.73. The second-order valence-corrected chi connectivity index (χ2v) is 12.8. The van der Waals surface area contributed by atoms with Gasteiger partial charge < -0.3 is 36.4 Å². The molecule has 1 aromatic carbocycles. The molecule has 40 heavy (non-hydrogen) atoms. The van der Waals surface area contributed by atoms with Crippen LogP contribution in [-0.4, -0.2) is 89.2 Å². The zero-order valence-electron chi connectivity index (χ0n) is 24.1. The number of fused-ring (bicyclic) bond motifs is 3. The lowest BCUT2D eigenvalue weighted by Crippen LogP contribution is -2.65. The molecule has 0 unspecified atom stereocenters. The molecule has 0 radical (unpaired) electrons. The van der Waals surface area contributed by atoms with E-state index in [1.807, 2.05) is 25.1 Å². The van der Waals surface area contributed by atoms with E-state index in [2.05, 4.69) is 26.1 Å². The van der Waals surface area contributed by atoms with Gasteiger partial charge in [0.15, 0.2) is 11.4 Å². The Morgan fingerprint density at radius 3 is 2.30 bits per heavy atom. The van der Waals surface area contributed by atoms with Crippen molar-refractivity contribution in [2.45, 2.75) is 51.8 Å². The highest BCUT2D eigenvalue weighted by Gasteiger charge is 2.64. The molecule has 7 N–H and O–H groups in total. The standard InChI is InChI=1S/C29H40N4O7/c1-28(2,3)12-31-11-14-10-17(32(4)5)15-8-13-9-16-21(33(6)7)24(36)20(27(30)39)26(38)29(16,40)25(37)18(13)23(35)19(15)22(14)34/h10,13,16,21,31,34-35,38,40H,8-9,11-12H2,1-7H3,(H2,30,39)/t13-,16+,21+,29+/m1/s1. The zero-order chi connectivity index (χ0) is 30.1. The second-order valence-electron chi connectivity index (χ2n) is 12.8. The number of nitrogens with one attached hydrogen (secondary N) is 1. The topological polar surface area (TPSA) is 177 Å². The minimum Gasteiger partial charge on any atom is -0.508 e. The van der Waals surface area contributed by atoms with E-state index in [1.165, 1.54) is 4.90 Å². The van der Waals surface area contributed by atoms with Crippen molar-refractivity contribution in [1.82, 2.24) is 10.2 Å². The minimum absolute atomic E-state index is 0.00285. The molecule has 0 aliphatic heterocycles. The van der Waals surface area contributed by atoms with E-state index >= 15 is 0 Å². The molecule has 3 aliphatic carbocycles. The van der Waals surface area contributed by atoms with Crippen molar-refractivity contribution in [3.8, 4) is 5.75 Å². The molecule has 0 heterocycles. The van der Waals surface area contributed by atoms with E-state index in [0.717, 1.165) is 5.69 Å². The van der Waals surface area contributed by atoms with Crippen LogP contribution in [-0.2, 0) is 27.3 Å². The molecule has 1 saturated carbocycles. The van der Waals surface area contributed by atoms with Gasteiger partial charge in [0, 0.05) is 49.9 Å². The van der Waals surface area contributed by atoms with Gasteiger partial charge in [0.05, 0.1) is 11.6 Å². The van der Waals surface area contributed by atoms with Crippen LogP contribution in [0.25, 0.3) is 5.76 Å². The summed E-state index contributed by atoms with van der Waals surface area (Å²) in [6, 6.07) is 0.735. The van der Waals surface area contributed by atoms with E-state index in [1.54, 1.807) is 14.1 Å². The normalized spacial score (nSPS) is 26.6. The number of aromatic hydroxyl groups is 1. The number of aliphatic hydroxyl groups is 3. The molecule has 1 aromatic rings. The molecule has 1 amide bonds. The monoisotopic (exact) mass is 556 g/mol. The third-order valence-corrected chi connectivity index (χ3v) is 8.23. The summed E-state index contributed by atoms with van der Waals surface area (Å²) in [5, 5.41) is 49.0. The highest BCUT2D eigenvalue weighted by molar-refractivity contribution is 6.24. The highest BCUT2D eigenvalue weighted by atomic mass is 16.3. The summed E-state index contributed by atoms with van der Waals surface area (Å²) >= 11 is 0. The smallest absolute Gasteiger partial charge is 0.255 e. The Morgan fingerprint density at radius 2 is 1.77 bits per heavy atom. The first kappa shape index (κ1) is 29.6. The predicted molar refractivity (Wildman–Crippen MR) is 150 cm³/mol. The fraction of sp³-hybridized carbons (Fsp3) is 0.552. The number of Topliss-reactive ketones (excluding diaryl/α,β-unsaturated/α-hetero) is 2. The van der Waals surface area contributed by atoms with Crippen LogP contribution in [0.5, 0.6) is 5.75 Å². The third-order valence-electron chi connectivity index (χ3n) is 8.23. The number of hydrogen-bond acceptors (Lipinski definition) is 10. The van der Waals surface area contributed by atoms with Crippen LogP contribution in [0.15, 0.2) is 23.0 Å². The molecular weight excluding hydrogens is 516 g/mol. The molecule has 1 fully saturated rings. The molecule has 11 nitrogen and oxygen atoms in total. The number of ketones is 2. The van der Waals surface area contributed by atoms with Crippen molar-refractivity contribution in [1.29, 1.82) is 0 Å². The number of phenolic OH excluding ortho intramolecular Hbond substituents is 1. The van der Waals surface area contributed by atoms with Crippen LogP contribution >= 0.6 is 0 Å². The number of amides is 1. The number of phenols is 1. The van der Waals surface area contributed by atoms with Crippen molar-refractivity contribution < 1.29 is 34.8 Å². The van der Waals surface area contributed by atoms with E-state index in [9.17, 15) is 34.8 Å². The number of benzene rings is 1. The maximum absolute atomic E-state index is 14.0. The second kappa shape index (κ2) is 9.90. The van der Waals surface area contributed by atoms with Crippen molar-refractivity contribution in [3.63, 3.8) is 0 Å². The number of nitrogens with two attached hydrogens (primary N) is 1. The molecule has 4 rings (SSSR count). The summed E-state index contributed by atoms with van der Waals surface area (Å²) in [4.78, 5) is 42.8. The van der Waals surface area contributed by atoms with Gasteiger partial charge in [0.1, 0.15) is 22.8 Å². The fourth-order valence-corrected chi connectivity index (χ4v) is 6.45. The Morgan fingerprint density at radius 1 is 1.15 bits per heavy atom. The summed E-state index contributed by atoms with van der Waals surface area (Å²) in [6.45, 7) is 7.21. The number of nitrogens with zero attached hydrogens (tertiary/aromatic N) is 2. The van der Waals surface area contributed by atoms with Crippen molar-refractivity contribution in [2.75, 3.05) is 39.6 Å². The average Bonchev–Trinajstić information content (AvgIpc) is 2.81. The molecule has 0 bridgehead atoms. The van der Waals surface area contributed by atoms with Crippen LogP contribution in [0.3, 0.4) is 0 Å². The first-order valence-electron chi connectivity index (χ1n) is 13.3. The van der Waals surface area contributed by atoms with Gasteiger partial charge in [-0.3, -0.25) is 19.3 Å². The predicted octanol–water partition coefficient (Wildman–Crippen LogP) is 1.17.